The van der Waals surface area contributed by atoms with E-state index in [1.807, 2.05) is 18.2 Å². The van der Waals surface area contributed by atoms with Gasteiger partial charge >= 0.3 is 0 Å². The lowest BCUT2D eigenvalue weighted by Crippen LogP contribution is -2.31. The molecule has 2 heterocycles. The average Bonchev–Trinajstić information content (AvgIpc) is 3.08. The topological polar surface area (TPSA) is 41.6 Å². The smallest absolute Gasteiger partial charge is 0.187 e. The van der Waals surface area contributed by atoms with Gasteiger partial charge in [0.15, 0.2) is 5.11 Å². The normalized spacial score (nSPS) is 18.1. The molecule has 3 rings (SSSR count). The van der Waals surface area contributed by atoms with Crippen molar-refractivity contribution in [3.05, 3.63) is 56.7 Å². The van der Waals surface area contributed by atoms with Crippen LogP contribution in [-0.4, -0.2) is 15.8 Å². The van der Waals surface area contributed by atoms with Crippen LogP contribution in [0.25, 0.3) is 0 Å². The molecule has 1 aliphatic rings. The van der Waals surface area contributed by atoms with E-state index < -0.39 is 0 Å². The average molecular weight is 366 g/mol. The lowest BCUT2D eigenvalue weighted by Gasteiger charge is -2.20. The Morgan fingerprint density at radius 3 is 2.90 bits per heavy atom. The van der Waals surface area contributed by atoms with Crippen molar-refractivity contribution in [2.24, 2.45) is 10.8 Å². The van der Waals surface area contributed by atoms with Gasteiger partial charge in [-0.15, -0.1) is 11.3 Å². The first-order chi connectivity index (χ1) is 9.65. The maximum absolute atomic E-state index is 5.81. The Hall–Kier alpha value is -1.24. The van der Waals surface area contributed by atoms with E-state index in [-0.39, 0.29) is 6.04 Å². The second-order valence-electron chi connectivity index (χ2n) is 4.48. The monoisotopic (exact) mass is 365 g/mol. The molecule has 0 saturated heterocycles. The van der Waals surface area contributed by atoms with Gasteiger partial charge in [0.05, 0.1) is 11.8 Å². The second kappa shape index (κ2) is 5.63. The van der Waals surface area contributed by atoms with E-state index in [2.05, 4.69) is 44.6 Å². The Kier molecular flexibility index (Phi) is 3.87. The molecule has 0 saturated carbocycles. The van der Waals surface area contributed by atoms with Crippen molar-refractivity contribution in [1.82, 2.24) is 5.01 Å². The molecule has 0 aliphatic carbocycles. The molecular weight excluding hydrogens is 354 g/mol. The van der Waals surface area contributed by atoms with Crippen molar-refractivity contribution in [3.8, 4) is 0 Å². The number of hydrazone groups is 1. The minimum atomic E-state index is 0.112. The number of thiophene rings is 1. The van der Waals surface area contributed by atoms with Gasteiger partial charge in [0, 0.05) is 15.8 Å². The first-order valence-electron chi connectivity index (χ1n) is 6.10. The fraction of sp³-hybridized carbons (Fsp3) is 0.143. The van der Waals surface area contributed by atoms with Gasteiger partial charge in [-0.3, -0.25) is 0 Å². The number of nitrogens with zero attached hydrogens (tertiary/aromatic N) is 2. The standard InChI is InChI=1S/C14H12BrN3S2/c15-10-4-1-3-9(7-10)11-8-12(13-5-2-6-20-13)18(17-11)14(16)19/h1-7,12H,8H2,(H2,16,19). The van der Waals surface area contributed by atoms with Gasteiger partial charge in [-0.2, -0.15) is 5.10 Å². The molecule has 0 fully saturated rings. The number of hydrogen-bond acceptors (Lipinski definition) is 3. The third-order valence-corrected chi connectivity index (χ3v) is 4.82. The van der Waals surface area contributed by atoms with Crippen molar-refractivity contribution in [1.29, 1.82) is 0 Å². The fourth-order valence-electron chi connectivity index (χ4n) is 2.26. The van der Waals surface area contributed by atoms with Crippen LogP contribution in [0.2, 0.25) is 0 Å². The number of nitrogens with two attached hydrogens (primary N) is 1. The predicted octanol–water partition coefficient (Wildman–Crippen LogP) is 3.91. The molecule has 6 heteroatoms. The highest BCUT2D eigenvalue weighted by atomic mass is 79.9. The molecule has 20 heavy (non-hydrogen) atoms. The van der Waals surface area contributed by atoms with Crippen LogP contribution < -0.4 is 5.73 Å². The number of thiocarbonyl (C=S) groups is 1. The zero-order chi connectivity index (χ0) is 14.1. The minimum absolute atomic E-state index is 0.112. The van der Waals surface area contributed by atoms with Gasteiger partial charge in [-0.25, -0.2) is 5.01 Å². The summed E-state index contributed by atoms with van der Waals surface area (Å²) in [6.07, 6.45) is 0.814. The van der Waals surface area contributed by atoms with Gasteiger partial charge in [0.25, 0.3) is 0 Å². The quantitative estimate of drug-likeness (QED) is 0.820. The zero-order valence-corrected chi connectivity index (χ0v) is 13.7. The predicted molar refractivity (Wildman–Crippen MR) is 91.0 cm³/mol. The van der Waals surface area contributed by atoms with E-state index in [1.165, 1.54) is 4.88 Å². The molecule has 1 unspecified atom stereocenters. The summed E-state index contributed by atoms with van der Waals surface area (Å²) in [7, 11) is 0. The Morgan fingerprint density at radius 1 is 1.40 bits per heavy atom. The van der Waals surface area contributed by atoms with Crippen LogP contribution in [0.4, 0.5) is 0 Å². The number of benzene rings is 1. The highest BCUT2D eigenvalue weighted by Crippen LogP contribution is 2.35. The molecule has 102 valence electrons. The summed E-state index contributed by atoms with van der Waals surface area (Å²) in [6, 6.07) is 12.4. The summed E-state index contributed by atoms with van der Waals surface area (Å²) >= 11 is 10.3. The molecule has 3 nitrogen and oxygen atoms in total. The molecule has 1 aromatic heterocycles. The molecule has 1 aliphatic heterocycles. The van der Waals surface area contributed by atoms with Gasteiger partial charge in [0.2, 0.25) is 0 Å². The first kappa shape index (κ1) is 13.7. The number of halogens is 1. The molecule has 2 N–H and O–H groups in total. The highest BCUT2D eigenvalue weighted by Gasteiger charge is 2.31. The van der Waals surface area contributed by atoms with Crippen LogP contribution in [0.15, 0.2) is 51.4 Å². The maximum Gasteiger partial charge on any atom is 0.187 e. The fourth-order valence-corrected chi connectivity index (χ4v) is 3.64. The van der Waals surface area contributed by atoms with Crippen LogP contribution in [0.5, 0.6) is 0 Å². The van der Waals surface area contributed by atoms with E-state index in [0.717, 1.165) is 22.2 Å². The summed E-state index contributed by atoms with van der Waals surface area (Å²) in [5.41, 5.74) is 7.92. The van der Waals surface area contributed by atoms with E-state index >= 15 is 0 Å². The first-order valence-corrected chi connectivity index (χ1v) is 8.19. The lowest BCUT2D eigenvalue weighted by atomic mass is 10.0. The van der Waals surface area contributed by atoms with E-state index in [1.54, 1.807) is 16.3 Å². The Bertz CT molecular complexity index is 667. The zero-order valence-electron chi connectivity index (χ0n) is 10.5. The molecule has 0 radical (unpaired) electrons. The number of rotatable bonds is 2. The Balaban J connectivity index is 1.95. The molecule has 1 atom stereocenters. The van der Waals surface area contributed by atoms with Gasteiger partial charge in [0.1, 0.15) is 0 Å². The number of hydrogen-bond donors (Lipinski definition) is 1. The summed E-state index contributed by atoms with van der Waals surface area (Å²) in [5.74, 6) is 0. The van der Waals surface area contributed by atoms with Gasteiger partial charge in [-0.1, -0.05) is 34.1 Å². The van der Waals surface area contributed by atoms with Crippen LogP contribution in [0, 0.1) is 0 Å². The van der Waals surface area contributed by atoms with Crippen molar-refractivity contribution in [3.63, 3.8) is 0 Å². The van der Waals surface area contributed by atoms with Crippen molar-refractivity contribution in [2.45, 2.75) is 12.5 Å². The van der Waals surface area contributed by atoms with E-state index in [0.29, 0.717) is 5.11 Å². The van der Waals surface area contributed by atoms with E-state index in [9.17, 15) is 0 Å². The molecule has 1 aromatic carbocycles. The van der Waals surface area contributed by atoms with Crippen molar-refractivity contribution >= 4 is 50.3 Å². The molecule has 0 spiro atoms. The van der Waals surface area contributed by atoms with Crippen molar-refractivity contribution in [2.75, 3.05) is 0 Å². The van der Waals surface area contributed by atoms with Crippen LogP contribution >= 0.6 is 39.5 Å². The molecule has 0 bridgehead atoms. The summed E-state index contributed by atoms with van der Waals surface area (Å²) in [4.78, 5) is 1.23. The maximum atomic E-state index is 5.81. The van der Waals surface area contributed by atoms with Gasteiger partial charge in [-0.05, 0) is 41.4 Å². The lowest BCUT2D eigenvalue weighted by molar-refractivity contribution is 0.378. The van der Waals surface area contributed by atoms with Crippen LogP contribution in [0.1, 0.15) is 22.9 Å². The molecular formula is C14H12BrN3S2. The summed E-state index contributed by atoms with van der Waals surface area (Å²) < 4.78 is 1.04. The summed E-state index contributed by atoms with van der Waals surface area (Å²) in [6.45, 7) is 0. The van der Waals surface area contributed by atoms with Crippen molar-refractivity contribution < 1.29 is 0 Å². The Morgan fingerprint density at radius 2 is 2.25 bits per heavy atom. The molecule has 2 aromatic rings. The SMILES string of the molecule is NC(=S)N1N=C(c2cccc(Br)c2)CC1c1cccs1. The third kappa shape index (κ3) is 2.63. The third-order valence-electron chi connectivity index (χ3n) is 3.17. The molecule has 0 amide bonds. The van der Waals surface area contributed by atoms with Crippen LogP contribution in [0.3, 0.4) is 0 Å². The highest BCUT2D eigenvalue weighted by molar-refractivity contribution is 9.10. The largest absolute Gasteiger partial charge is 0.375 e. The summed E-state index contributed by atoms with van der Waals surface area (Å²) in [5, 5.41) is 8.73. The van der Waals surface area contributed by atoms with E-state index in [4.69, 9.17) is 18.0 Å². The Labute approximate surface area is 135 Å². The minimum Gasteiger partial charge on any atom is -0.375 e. The second-order valence-corrected chi connectivity index (χ2v) is 6.79. The van der Waals surface area contributed by atoms with Crippen LogP contribution in [-0.2, 0) is 0 Å². The van der Waals surface area contributed by atoms with Gasteiger partial charge < -0.3 is 5.73 Å².